The van der Waals surface area contributed by atoms with E-state index < -0.39 is 0 Å². The van der Waals surface area contributed by atoms with Gasteiger partial charge in [0.05, 0.1) is 19.2 Å². The van der Waals surface area contributed by atoms with E-state index in [9.17, 15) is 4.79 Å². The molecule has 0 radical (unpaired) electrons. The van der Waals surface area contributed by atoms with Gasteiger partial charge < -0.3 is 15.0 Å². The SMILES string of the molecule is C[C@@H]1CO[C@H](c2ccccc2Cl)CN1C(=O)NCc1ccncc1. The second kappa shape index (κ2) is 7.64. The van der Waals surface area contributed by atoms with Crippen molar-refractivity contribution in [1.29, 1.82) is 0 Å². The molecule has 1 aliphatic heterocycles. The van der Waals surface area contributed by atoms with Crippen LogP contribution in [-0.2, 0) is 11.3 Å². The van der Waals surface area contributed by atoms with Crippen LogP contribution >= 0.6 is 11.6 Å². The predicted molar refractivity (Wildman–Crippen MR) is 92.8 cm³/mol. The van der Waals surface area contributed by atoms with Gasteiger partial charge in [0.1, 0.15) is 6.10 Å². The molecule has 2 heterocycles. The summed E-state index contributed by atoms with van der Waals surface area (Å²) in [7, 11) is 0. The first kappa shape index (κ1) is 16.7. The lowest BCUT2D eigenvalue weighted by Crippen LogP contribution is -2.51. The number of hydrogen-bond donors (Lipinski definition) is 1. The van der Waals surface area contributed by atoms with E-state index in [2.05, 4.69) is 10.3 Å². The number of morpholine rings is 1. The number of aromatic nitrogens is 1. The number of urea groups is 1. The van der Waals surface area contributed by atoms with Crippen molar-refractivity contribution in [3.63, 3.8) is 0 Å². The molecule has 6 heteroatoms. The van der Waals surface area contributed by atoms with Crippen molar-refractivity contribution in [3.05, 3.63) is 64.9 Å². The Balaban J connectivity index is 1.65. The van der Waals surface area contributed by atoms with E-state index in [1.807, 2.05) is 43.3 Å². The van der Waals surface area contributed by atoms with Crippen molar-refractivity contribution in [2.75, 3.05) is 13.2 Å². The van der Waals surface area contributed by atoms with Crippen molar-refractivity contribution in [3.8, 4) is 0 Å². The van der Waals surface area contributed by atoms with Crippen LogP contribution in [0.2, 0.25) is 5.02 Å². The first-order chi connectivity index (χ1) is 11.6. The number of nitrogens with zero attached hydrogens (tertiary/aromatic N) is 2. The van der Waals surface area contributed by atoms with Gasteiger partial charge in [0.15, 0.2) is 0 Å². The van der Waals surface area contributed by atoms with Gasteiger partial charge in [-0.05, 0) is 30.7 Å². The molecule has 1 N–H and O–H groups in total. The fraction of sp³-hybridized carbons (Fsp3) is 0.333. The largest absolute Gasteiger partial charge is 0.369 e. The van der Waals surface area contributed by atoms with Gasteiger partial charge in [-0.25, -0.2) is 4.79 Å². The second-order valence-electron chi connectivity index (χ2n) is 5.86. The number of amides is 2. The van der Waals surface area contributed by atoms with Gasteiger partial charge in [-0.15, -0.1) is 0 Å². The zero-order valence-corrected chi connectivity index (χ0v) is 14.2. The summed E-state index contributed by atoms with van der Waals surface area (Å²) in [6.45, 7) is 3.42. The quantitative estimate of drug-likeness (QED) is 0.927. The predicted octanol–water partition coefficient (Wildman–Crippen LogP) is 3.41. The minimum Gasteiger partial charge on any atom is -0.369 e. The highest BCUT2D eigenvalue weighted by atomic mass is 35.5. The van der Waals surface area contributed by atoms with E-state index in [-0.39, 0.29) is 18.2 Å². The van der Waals surface area contributed by atoms with E-state index in [0.717, 1.165) is 11.1 Å². The van der Waals surface area contributed by atoms with E-state index in [4.69, 9.17) is 16.3 Å². The lowest BCUT2D eigenvalue weighted by Gasteiger charge is -2.38. The molecule has 2 amide bonds. The third-order valence-corrected chi connectivity index (χ3v) is 4.48. The van der Waals surface area contributed by atoms with Gasteiger partial charge in [-0.1, -0.05) is 29.8 Å². The van der Waals surface area contributed by atoms with E-state index >= 15 is 0 Å². The number of rotatable bonds is 3. The lowest BCUT2D eigenvalue weighted by atomic mass is 10.1. The number of carbonyl (C=O) groups is 1. The molecule has 0 bridgehead atoms. The van der Waals surface area contributed by atoms with Gasteiger partial charge in [0, 0.05) is 29.5 Å². The van der Waals surface area contributed by atoms with Crippen LogP contribution in [0.5, 0.6) is 0 Å². The van der Waals surface area contributed by atoms with E-state index in [1.165, 1.54) is 0 Å². The number of benzene rings is 1. The summed E-state index contributed by atoms with van der Waals surface area (Å²) in [6, 6.07) is 11.3. The van der Waals surface area contributed by atoms with Gasteiger partial charge >= 0.3 is 6.03 Å². The van der Waals surface area contributed by atoms with Crippen molar-refractivity contribution >= 4 is 17.6 Å². The molecule has 1 aliphatic rings. The Labute approximate surface area is 146 Å². The standard InChI is InChI=1S/C18H20ClN3O2/c1-13-12-24-17(15-4-2-3-5-16(15)19)11-22(13)18(23)21-10-14-6-8-20-9-7-14/h2-9,13,17H,10-12H2,1H3,(H,21,23)/t13-,17+/m1/s1. The maximum Gasteiger partial charge on any atom is 0.318 e. The third-order valence-electron chi connectivity index (χ3n) is 4.14. The second-order valence-corrected chi connectivity index (χ2v) is 6.27. The molecule has 2 aromatic rings. The minimum atomic E-state index is -0.207. The molecule has 5 nitrogen and oxygen atoms in total. The highest BCUT2D eigenvalue weighted by Gasteiger charge is 2.31. The highest BCUT2D eigenvalue weighted by Crippen LogP contribution is 2.29. The van der Waals surface area contributed by atoms with Crippen LogP contribution in [-0.4, -0.2) is 35.1 Å². The normalized spacial score (nSPS) is 20.7. The number of halogens is 1. The smallest absolute Gasteiger partial charge is 0.318 e. The zero-order chi connectivity index (χ0) is 16.9. The average molecular weight is 346 g/mol. The lowest BCUT2D eigenvalue weighted by molar-refractivity contribution is -0.0427. The van der Waals surface area contributed by atoms with Crippen molar-refractivity contribution in [2.24, 2.45) is 0 Å². The topological polar surface area (TPSA) is 54.5 Å². The summed E-state index contributed by atoms with van der Waals surface area (Å²) < 4.78 is 5.89. The van der Waals surface area contributed by atoms with Gasteiger partial charge in [-0.2, -0.15) is 0 Å². The molecular weight excluding hydrogens is 326 g/mol. The van der Waals surface area contributed by atoms with Gasteiger partial charge in [0.25, 0.3) is 0 Å². The molecule has 1 aromatic heterocycles. The molecule has 126 valence electrons. The molecule has 1 aromatic carbocycles. The summed E-state index contributed by atoms with van der Waals surface area (Å²) in [5.41, 5.74) is 1.93. The molecule has 0 unspecified atom stereocenters. The maximum atomic E-state index is 12.6. The van der Waals surface area contributed by atoms with Crippen LogP contribution in [0.4, 0.5) is 4.79 Å². The van der Waals surface area contributed by atoms with Crippen LogP contribution in [0.3, 0.4) is 0 Å². The fourth-order valence-corrected chi connectivity index (χ4v) is 3.00. The monoisotopic (exact) mass is 345 g/mol. The summed E-state index contributed by atoms with van der Waals surface area (Å²) in [5.74, 6) is 0. The Morgan fingerprint density at radius 3 is 2.83 bits per heavy atom. The molecule has 0 spiro atoms. The molecule has 0 aliphatic carbocycles. The van der Waals surface area contributed by atoms with E-state index in [1.54, 1.807) is 17.3 Å². The Morgan fingerprint density at radius 2 is 2.08 bits per heavy atom. The minimum absolute atomic E-state index is 0.0150. The molecule has 2 atom stereocenters. The molecule has 0 saturated carbocycles. The van der Waals surface area contributed by atoms with Crippen molar-refractivity contribution in [1.82, 2.24) is 15.2 Å². The Kier molecular flexibility index (Phi) is 5.33. The maximum absolute atomic E-state index is 12.6. The molecule has 1 fully saturated rings. The average Bonchev–Trinajstić information content (AvgIpc) is 2.61. The summed E-state index contributed by atoms with van der Waals surface area (Å²) in [4.78, 5) is 18.3. The number of pyridine rings is 1. The molecule has 1 saturated heterocycles. The van der Waals surface area contributed by atoms with E-state index in [0.29, 0.717) is 24.7 Å². The number of hydrogen-bond acceptors (Lipinski definition) is 3. The van der Waals surface area contributed by atoms with Crippen LogP contribution < -0.4 is 5.32 Å². The number of nitrogens with one attached hydrogen (secondary N) is 1. The van der Waals surface area contributed by atoms with Crippen LogP contribution in [0.15, 0.2) is 48.8 Å². The number of ether oxygens (including phenoxy) is 1. The Hall–Kier alpha value is -2.11. The Bertz CT molecular complexity index is 696. The van der Waals surface area contributed by atoms with Crippen LogP contribution in [0.25, 0.3) is 0 Å². The van der Waals surface area contributed by atoms with Crippen molar-refractivity contribution in [2.45, 2.75) is 25.6 Å². The first-order valence-corrected chi connectivity index (χ1v) is 8.32. The zero-order valence-electron chi connectivity index (χ0n) is 13.5. The summed E-state index contributed by atoms with van der Waals surface area (Å²) >= 11 is 6.26. The molecule has 24 heavy (non-hydrogen) atoms. The van der Waals surface area contributed by atoms with Crippen LogP contribution in [0.1, 0.15) is 24.2 Å². The fourth-order valence-electron chi connectivity index (χ4n) is 2.74. The van der Waals surface area contributed by atoms with Gasteiger partial charge in [0.2, 0.25) is 0 Å². The highest BCUT2D eigenvalue weighted by molar-refractivity contribution is 6.31. The Morgan fingerprint density at radius 1 is 1.33 bits per heavy atom. The van der Waals surface area contributed by atoms with Gasteiger partial charge in [-0.3, -0.25) is 4.98 Å². The third kappa shape index (κ3) is 3.86. The first-order valence-electron chi connectivity index (χ1n) is 7.94. The molecule has 3 rings (SSSR count). The molecular formula is C18H20ClN3O2. The van der Waals surface area contributed by atoms with Crippen molar-refractivity contribution < 1.29 is 9.53 Å². The summed E-state index contributed by atoms with van der Waals surface area (Å²) in [6.07, 6.45) is 3.22. The van der Waals surface area contributed by atoms with Crippen LogP contribution in [0, 0.1) is 0 Å². The number of carbonyl (C=O) groups excluding carboxylic acids is 1. The summed E-state index contributed by atoms with van der Waals surface area (Å²) in [5, 5.41) is 3.62.